The van der Waals surface area contributed by atoms with Gasteiger partial charge in [-0.2, -0.15) is 0 Å². The lowest BCUT2D eigenvalue weighted by molar-refractivity contribution is -0.149. The highest BCUT2D eigenvalue weighted by atomic mass is 16.5. The predicted molar refractivity (Wildman–Crippen MR) is 54.7 cm³/mol. The van der Waals surface area contributed by atoms with Crippen LogP contribution in [-0.2, 0) is 14.3 Å². The highest BCUT2D eigenvalue weighted by Gasteiger charge is 2.12. The molecule has 0 aromatic carbocycles. The maximum atomic E-state index is 11.0. The van der Waals surface area contributed by atoms with Crippen molar-refractivity contribution in [2.45, 2.75) is 45.4 Å². The van der Waals surface area contributed by atoms with Gasteiger partial charge in [0, 0.05) is 6.42 Å². The number of Topliss-reactive ketones (excluding diaryl/α,β-unsaturated/α-hetero) is 1. The van der Waals surface area contributed by atoms with Gasteiger partial charge in [0.05, 0.1) is 6.26 Å². The van der Waals surface area contributed by atoms with Gasteiger partial charge in [0.25, 0.3) is 0 Å². The van der Waals surface area contributed by atoms with Crippen molar-refractivity contribution in [1.82, 2.24) is 0 Å². The Morgan fingerprint density at radius 1 is 1.21 bits per heavy atom. The van der Waals surface area contributed by atoms with Gasteiger partial charge in [0.1, 0.15) is 0 Å². The van der Waals surface area contributed by atoms with Gasteiger partial charge in [-0.3, -0.25) is 4.79 Å². The van der Waals surface area contributed by atoms with Crippen LogP contribution in [0, 0.1) is 0 Å². The van der Waals surface area contributed by atoms with E-state index in [0.717, 1.165) is 25.5 Å². The number of hydrogen-bond donors (Lipinski definition) is 0. The zero-order valence-electron chi connectivity index (χ0n) is 8.75. The lowest BCUT2D eigenvalue weighted by Crippen LogP contribution is -2.14. The van der Waals surface area contributed by atoms with Crippen LogP contribution in [0.3, 0.4) is 0 Å². The first-order valence-corrected chi connectivity index (χ1v) is 5.07. The van der Waals surface area contributed by atoms with Crippen molar-refractivity contribution < 1.29 is 14.3 Å². The Hall–Kier alpha value is -1.12. The molecule has 0 saturated carbocycles. The third-order valence-corrected chi connectivity index (χ3v) is 1.93. The van der Waals surface area contributed by atoms with Crippen LogP contribution >= 0.6 is 0 Å². The Labute approximate surface area is 85.1 Å². The molecule has 0 aliphatic rings. The summed E-state index contributed by atoms with van der Waals surface area (Å²) in [5, 5.41) is 0. The molecule has 0 radical (unpaired) electrons. The number of carbonyl (C=O) groups is 2. The minimum atomic E-state index is -0.796. The van der Waals surface area contributed by atoms with Gasteiger partial charge < -0.3 is 4.74 Å². The summed E-state index contributed by atoms with van der Waals surface area (Å²) in [7, 11) is 0. The van der Waals surface area contributed by atoms with Crippen LogP contribution in [0.2, 0.25) is 0 Å². The van der Waals surface area contributed by atoms with Crippen LogP contribution in [0.15, 0.2) is 12.8 Å². The quantitative estimate of drug-likeness (QED) is 0.260. The normalized spacial score (nSPS) is 9.50. The number of unbranched alkanes of at least 4 members (excludes halogenated alkanes) is 4. The lowest BCUT2D eigenvalue weighted by atomic mass is 10.1. The minimum absolute atomic E-state index is 0.288. The van der Waals surface area contributed by atoms with Gasteiger partial charge in [0.15, 0.2) is 0 Å². The zero-order chi connectivity index (χ0) is 10.8. The van der Waals surface area contributed by atoms with Crippen molar-refractivity contribution in [3.8, 4) is 0 Å². The fourth-order valence-electron chi connectivity index (χ4n) is 1.13. The second-order valence-electron chi connectivity index (χ2n) is 3.16. The average Bonchev–Trinajstić information content (AvgIpc) is 2.17. The molecule has 0 aliphatic carbocycles. The molecule has 14 heavy (non-hydrogen) atoms. The van der Waals surface area contributed by atoms with Crippen molar-refractivity contribution in [3.05, 3.63) is 12.8 Å². The molecule has 0 aromatic heterocycles. The summed E-state index contributed by atoms with van der Waals surface area (Å²) in [6, 6.07) is 0. The van der Waals surface area contributed by atoms with E-state index >= 15 is 0 Å². The first-order valence-electron chi connectivity index (χ1n) is 5.07. The number of rotatable bonds is 8. The van der Waals surface area contributed by atoms with Gasteiger partial charge in [-0.25, -0.2) is 4.79 Å². The van der Waals surface area contributed by atoms with Crippen LogP contribution in [0.5, 0.6) is 0 Å². The molecule has 0 heterocycles. The van der Waals surface area contributed by atoms with Gasteiger partial charge >= 0.3 is 5.97 Å². The monoisotopic (exact) mass is 198 g/mol. The molecule has 0 aliphatic heterocycles. The highest BCUT2D eigenvalue weighted by molar-refractivity contribution is 6.33. The standard InChI is InChI=1S/C11H18O3/c1-3-5-6-7-8-9-10(12)11(13)14-4-2/h4H,2-3,5-9H2,1H3. The predicted octanol–water partition coefficient (Wildman–Crippen LogP) is 2.60. The first-order chi connectivity index (χ1) is 6.72. The van der Waals surface area contributed by atoms with Crippen molar-refractivity contribution in [2.24, 2.45) is 0 Å². The summed E-state index contributed by atoms with van der Waals surface area (Å²) in [5.41, 5.74) is 0. The molecule has 0 atom stereocenters. The fourth-order valence-corrected chi connectivity index (χ4v) is 1.13. The van der Waals surface area contributed by atoms with Crippen LogP contribution in [0.4, 0.5) is 0 Å². The maximum Gasteiger partial charge on any atom is 0.379 e. The van der Waals surface area contributed by atoms with E-state index in [1.165, 1.54) is 12.8 Å². The van der Waals surface area contributed by atoms with Gasteiger partial charge in [-0.15, -0.1) is 0 Å². The number of carbonyl (C=O) groups excluding carboxylic acids is 2. The van der Waals surface area contributed by atoms with E-state index in [9.17, 15) is 9.59 Å². The Balaban J connectivity index is 3.44. The highest BCUT2D eigenvalue weighted by Crippen LogP contribution is 2.05. The van der Waals surface area contributed by atoms with E-state index in [1.54, 1.807) is 0 Å². The minimum Gasteiger partial charge on any atom is -0.429 e. The number of esters is 1. The molecule has 0 N–H and O–H groups in total. The summed E-state index contributed by atoms with van der Waals surface area (Å²) in [6.45, 7) is 5.34. The molecule has 0 saturated heterocycles. The summed E-state index contributed by atoms with van der Waals surface area (Å²) >= 11 is 0. The summed E-state index contributed by atoms with van der Waals surface area (Å²) < 4.78 is 4.36. The van der Waals surface area contributed by atoms with Gasteiger partial charge in [0.2, 0.25) is 5.78 Å². The molecule has 80 valence electrons. The summed E-state index contributed by atoms with van der Waals surface area (Å²) in [6.07, 6.45) is 6.53. The van der Waals surface area contributed by atoms with Crippen LogP contribution in [0.1, 0.15) is 45.4 Å². The number of hydrogen-bond acceptors (Lipinski definition) is 3. The van der Waals surface area contributed by atoms with Crippen LogP contribution in [-0.4, -0.2) is 11.8 Å². The second-order valence-corrected chi connectivity index (χ2v) is 3.16. The molecular weight excluding hydrogens is 180 g/mol. The fraction of sp³-hybridized carbons (Fsp3) is 0.636. The van der Waals surface area contributed by atoms with E-state index in [-0.39, 0.29) is 6.42 Å². The molecule has 3 nitrogen and oxygen atoms in total. The third kappa shape index (κ3) is 6.40. The van der Waals surface area contributed by atoms with Crippen molar-refractivity contribution >= 4 is 11.8 Å². The molecular formula is C11H18O3. The Kier molecular flexibility index (Phi) is 7.80. The summed E-state index contributed by atoms with van der Waals surface area (Å²) in [4.78, 5) is 21.9. The average molecular weight is 198 g/mol. The number of ether oxygens (including phenoxy) is 1. The Bertz CT molecular complexity index is 197. The molecule has 0 amide bonds. The SMILES string of the molecule is C=COC(=O)C(=O)CCCCCCC. The topological polar surface area (TPSA) is 43.4 Å². The lowest BCUT2D eigenvalue weighted by Gasteiger charge is -1.99. The summed E-state index contributed by atoms with van der Waals surface area (Å²) in [5.74, 6) is -1.25. The molecule has 0 spiro atoms. The Morgan fingerprint density at radius 2 is 1.86 bits per heavy atom. The van der Waals surface area contributed by atoms with Crippen LogP contribution in [0.25, 0.3) is 0 Å². The molecule has 0 aromatic rings. The van der Waals surface area contributed by atoms with E-state index in [0.29, 0.717) is 0 Å². The number of ketones is 1. The van der Waals surface area contributed by atoms with Crippen LogP contribution < -0.4 is 0 Å². The van der Waals surface area contributed by atoms with E-state index in [4.69, 9.17) is 0 Å². The van der Waals surface area contributed by atoms with E-state index in [2.05, 4.69) is 18.2 Å². The Morgan fingerprint density at radius 3 is 2.43 bits per heavy atom. The maximum absolute atomic E-state index is 11.0. The van der Waals surface area contributed by atoms with Crippen molar-refractivity contribution in [3.63, 3.8) is 0 Å². The zero-order valence-corrected chi connectivity index (χ0v) is 8.75. The molecule has 0 bridgehead atoms. The molecule has 3 heteroatoms. The van der Waals surface area contributed by atoms with Crippen molar-refractivity contribution in [1.29, 1.82) is 0 Å². The first kappa shape index (κ1) is 12.9. The van der Waals surface area contributed by atoms with E-state index < -0.39 is 11.8 Å². The van der Waals surface area contributed by atoms with Crippen molar-refractivity contribution in [2.75, 3.05) is 0 Å². The largest absolute Gasteiger partial charge is 0.429 e. The second kappa shape index (κ2) is 8.48. The van der Waals surface area contributed by atoms with Gasteiger partial charge in [-0.05, 0) is 6.42 Å². The molecule has 0 rings (SSSR count). The third-order valence-electron chi connectivity index (χ3n) is 1.93. The van der Waals surface area contributed by atoms with E-state index in [1.807, 2.05) is 0 Å². The molecule has 0 unspecified atom stereocenters. The molecule has 0 fully saturated rings. The van der Waals surface area contributed by atoms with Gasteiger partial charge in [-0.1, -0.05) is 39.2 Å². The smallest absolute Gasteiger partial charge is 0.379 e.